The first-order valence-electron chi connectivity index (χ1n) is 7.71. The first kappa shape index (κ1) is 13.6. The predicted octanol–water partition coefficient (Wildman–Crippen LogP) is 3.60. The molecule has 0 N–H and O–H groups in total. The summed E-state index contributed by atoms with van der Waals surface area (Å²) < 4.78 is 3.43. The van der Waals surface area contributed by atoms with E-state index in [2.05, 4.69) is 39.4 Å². The van der Waals surface area contributed by atoms with Gasteiger partial charge in [-0.3, -0.25) is 9.58 Å². The van der Waals surface area contributed by atoms with E-state index in [1.54, 1.807) is 0 Å². The van der Waals surface area contributed by atoms with Gasteiger partial charge in [-0.05, 0) is 60.9 Å². The van der Waals surface area contributed by atoms with E-state index in [1.165, 1.54) is 48.1 Å². The highest BCUT2D eigenvalue weighted by Crippen LogP contribution is 2.36. The van der Waals surface area contributed by atoms with Gasteiger partial charge >= 0.3 is 0 Å². The maximum atomic E-state index is 4.72. The van der Waals surface area contributed by atoms with Gasteiger partial charge in [0.25, 0.3) is 0 Å². The van der Waals surface area contributed by atoms with Crippen LogP contribution in [0.3, 0.4) is 0 Å². The molecule has 2 aliphatic carbocycles. The lowest BCUT2D eigenvalue weighted by atomic mass is 10.2. The zero-order valence-corrected chi connectivity index (χ0v) is 13.6. The second-order valence-corrected chi connectivity index (χ2v) is 6.77. The van der Waals surface area contributed by atoms with Gasteiger partial charge in [0, 0.05) is 25.7 Å². The summed E-state index contributed by atoms with van der Waals surface area (Å²) in [5, 5.41) is 4.72. The number of nitrogens with zero attached hydrogens (tertiary/aromatic N) is 3. The molecule has 0 saturated heterocycles. The first-order valence-corrected chi connectivity index (χ1v) is 8.50. The van der Waals surface area contributed by atoms with Crippen LogP contribution < -0.4 is 0 Å². The zero-order valence-electron chi connectivity index (χ0n) is 12.0. The van der Waals surface area contributed by atoms with E-state index in [0.29, 0.717) is 0 Å². The van der Waals surface area contributed by atoms with Crippen LogP contribution >= 0.6 is 15.9 Å². The topological polar surface area (TPSA) is 21.1 Å². The van der Waals surface area contributed by atoms with Crippen molar-refractivity contribution < 1.29 is 0 Å². The highest BCUT2D eigenvalue weighted by molar-refractivity contribution is 9.10. The Balaban J connectivity index is 1.77. The summed E-state index contributed by atoms with van der Waals surface area (Å²) in [5.74, 6) is 0.975. The van der Waals surface area contributed by atoms with Crippen LogP contribution in [0, 0.1) is 5.92 Å². The van der Waals surface area contributed by atoms with Gasteiger partial charge < -0.3 is 0 Å². The summed E-state index contributed by atoms with van der Waals surface area (Å²) >= 11 is 3.77. The van der Waals surface area contributed by atoms with Crippen LogP contribution in [0.4, 0.5) is 0 Å². The monoisotopic (exact) mass is 325 g/mol. The molecule has 1 heterocycles. The Morgan fingerprint density at radius 1 is 1.26 bits per heavy atom. The van der Waals surface area contributed by atoms with Gasteiger partial charge in [-0.15, -0.1) is 0 Å². The molecule has 0 bridgehead atoms. The van der Waals surface area contributed by atoms with Crippen molar-refractivity contribution in [1.82, 2.24) is 14.7 Å². The fourth-order valence-electron chi connectivity index (χ4n) is 2.78. The van der Waals surface area contributed by atoms with E-state index in [-0.39, 0.29) is 0 Å². The molecule has 0 aromatic carbocycles. The number of halogens is 1. The molecule has 2 fully saturated rings. The summed E-state index contributed by atoms with van der Waals surface area (Å²) in [5.41, 5.74) is 2.59. The molecule has 1 aromatic rings. The quantitative estimate of drug-likeness (QED) is 0.763. The summed E-state index contributed by atoms with van der Waals surface area (Å²) in [4.78, 5) is 2.70. The minimum absolute atomic E-state index is 0.845. The average Bonchev–Trinajstić information content (AvgIpc) is 3.29. The Morgan fingerprint density at radius 3 is 2.53 bits per heavy atom. The lowest BCUT2D eigenvalue weighted by Gasteiger charge is -2.22. The van der Waals surface area contributed by atoms with Gasteiger partial charge in [0.1, 0.15) is 0 Å². The second kappa shape index (κ2) is 5.57. The molecule has 0 aliphatic heterocycles. The fourth-order valence-corrected chi connectivity index (χ4v) is 3.46. The van der Waals surface area contributed by atoms with E-state index in [4.69, 9.17) is 5.10 Å². The maximum Gasteiger partial charge on any atom is 0.0767 e. The number of aryl methyl sites for hydroxylation is 2. The maximum absolute atomic E-state index is 4.72. The van der Waals surface area contributed by atoms with Crippen molar-refractivity contribution in [2.24, 2.45) is 5.92 Å². The Bertz CT molecular complexity index is 446. The molecule has 0 amide bonds. The summed E-state index contributed by atoms with van der Waals surface area (Å²) in [6.07, 6.45) is 6.68. The van der Waals surface area contributed by atoms with Crippen molar-refractivity contribution in [2.75, 3.05) is 6.54 Å². The van der Waals surface area contributed by atoms with Crippen LogP contribution in [0.25, 0.3) is 0 Å². The van der Waals surface area contributed by atoms with Crippen molar-refractivity contribution in [3.63, 3.8) is 0 Å². The van der Waals surface area contributed by atoms with Crippen LogP contribution in [0.1, 0.15) is 50.9 Å². The molecule has 19 heavy (non-hydrogen) atoms. The average molecular weight is 326 g/mol. The van der Waals surface area contributed by atoms with E-state index in [0.717, 1.165) is 31.5 Å². The molecule has 1 aromatic heterocycles. The minimum atomic E-state index is 0.845. The van der Waals surface area contributed by atoms with Crippen molar-refractivity contribution >= 4 is 15.9 Å². The molecule has 3 nitrogen and oxygen atoms in total. The van der Waals surface area contributed by atoms with Crippen LogP contribution in [0.2, 0.25) is 0 Å². The Kier molecular flexibility index (Phi) is 3.99. The van der Waals surface area contributed by atoms with Crippen molar-refractivity contribution in [3.05, 3.63) is 15.9 Å². The lowest BCUT2D eigenvalue weighted by Crippen LogP contribution is -2.29. The first-order chi connectivity index (χ1) is 9.22. The van der Waals surface area contributed by atoms with Gasteiger partial charge in [-0.2, -0.15) is 5.10 Å². The molecule has 2 saturated carbocycles. The second-order valence-electron chi connectivity index (χ2n) is 5.98. The molecule has 2 aliphatic rings. The van der Waals surface area contributed by atoms with Gasteiger partial charge in [0.15, 0.2) is 0 Å². The van der Waals surface area contributed by atoms with Gasteiger partial charge in [-0.25, -0.2) is 0 Å². The molecule has 0 radical (unpaired) electrons. The normalized spacial score (nSPS) is 19.4. The third kappa shape index (κ3) is 3.05. The lowest BCUT2D eigenvalue weighted by molar-refractivity contribution is 0.236. The standard InChI is InChI=1S/C15H24BrN3/c1-3-13-15(16)14(19(4-2)17-13)10-18(12-7-8-12)9-11-5-6-11/h11-12H,3-10H2,1-2H3. The molecule has 4 heteroatoms. The van der Waals surface area contributed by atoms with Gasteiger partial charge in [0.05, 0.1) is 15.9 Å². The molecule has 0 atom stereocenters. The van der Waals surface area contributed by atoms with Gasteiger partial charge in [0.2, 0.25) is 0 Å². The molecular weight excluding hydrogens is 302 g/mol. The highest BCUT2D eigenvalue weighted by atomic mass is 79.9. The van der Waals surface area contributed by atoms with E-state index in [1.807, 2.05) is 0 Å². The van der Waals surface area contributed by atoms with Crippen molar-refractivity contribution in [1.29, 1.82) is 0 Å². The highest BCUT2D eigenvalue weighted by Gasteiger charge is 2.34. The smallest absolute Gasteiger partial charge is 0.0767 e. The van der Waals surface area contributed by atoms with Crippen molar-refractivity contribution in [3.8, 4) is 0 Å². The Labute approximate surface area is 124 Å². The van der Waals surface area contributed by atoms with Crippen LogP contribution in [-0.4, -0.2) is 27.3 Å². The Hall–Kier alpha value is -0.350. The third-order valence-corrected chi connectivity index (χ3v) is 5.22. The van der Waals surface area contributed by atoms with Crippen molar-refractivity contribution in [2.45, 2.75) is 65.1 Å². The summed E-state index contributed by atoms with van der Waals surface area (Å²) in [6.45, 7) is 7.70. The minimum Gasteiger partial charge on any atom is -0.294 e. The third-order valence-electron chi connectivity index (χ3n) is 4.30. The fraction of sp³-hybridized carbons (Fsp3) is 0.800. The largest absolute Gasteiger partial charge is 0.294 e. The molecule has 0 unspecified atom stereocenters. The van der Waals surface area contributed by atoms with Crippen LogP contribution in [-0.2, 0) is 19.5 Å². The predicted molar refractivity (Wildman–Crippen MR) is 81.1 cm³/mol. The van der Waals surface area contributed by atoms with E-state index >= 15 is 0 Å². The number of hydrogen-bond donors (Lipinski definition) is 0. The SMILES string of the molecule is CCc1nn(CC)c(CN(CC2CC2)C2CC2)c1Br. The number of aromatic nitrogens is 2. The zero-order chi connectivity index (χ0) is 13.4. The van der Waals surface area contributed by atoms with E-state index < -0.39 is 0 Å². The van der Waals surface area contributed by atoms with Crippen LogP contribution in [0.5, 0.6) is 0 Å². The summed E-state index contributed by atoms with van der Waals surface area (Å²) in [6, 6.07) is 0.845. The molecule has 106 valence electrons. The number of rotatable bonds is 7. The Morgan fingerprint density at radius 2 is 2.00 bits per heavy atom. The van der Waals surface area contributed by atoms with Gasteiger partial charge in [-0.1, -0.05) is 6.92 Å². The van der Waals surface area contributed by atoms with Crippen LogP contribution in [0.15, 0.2) is 4.47 Å². The van der Waals surface area contributed by atoms with E-state index in [9.17, 15) is 0 Å². The molecule has 3 rings (SSSR count). The molecular formula is C15H24BrN3. The summed E-state index contributed by atoms with van der Waals surface area (Å²) in [7, 11) is 0. The number of hydrogen-bond acceptors (Lipinski definition) is 2. The molecule has 0 spiro atoms.